The highest BCUT2D eigenvalue weighted by Crippen LogP contribution is 2.68. The van der Waals surface area contributed by atoms with E-state index in [1.165, 1.54) is 64.2 Å². The number of rotatable bonds is 5. The number of hydrogen-bond donors (Lipinski definition) is 1. The molecular weight excluding hydrogens is 352 g/mol. The smallest absolute Gasteiger partial charge is 0.0568 e. The summed E-state index contributed by atoms with van der Waals surface area (Å²) >= 11 is 0. The number of hydrogen-bond acceptors (Lipinski definition) is 1. The van der Waals surface area contributed by atoms with Crippen LogP contribution in [0.15, 0.2) is 0 Å². The van der Waals surface area contributed by atoms with E-state index in [4.69, 9.17) is 0 Å². The van der Waals surface area contributed by atoms with Crippen LogP contribution in [0.25, 0.3) is 0 Å². The van der Waals surface area contributed by atoms with Gasteiger partial charge in [-0.1, -0.05) is 60.8 Å². The fraction of sp³-hybridized carbons (Fsp3) is 1.00. The van der Waals surface area contributed by atoms with Crippen LogP contribution in [-0.2, 0) is 0 Å². The third-order valence-corrected chi connectivity index (χ3v) is 11.4. The van der Waals surface area contributed by atoms with Crippen LogP contribution < -0.4 is 0 Å². The Kier molecular flexibility index (Phi) is 6.22. The summed E-state index contributed by atoms with van der Waals surface area (Å²) in [4.78, 5) is 0. The average Bonchev–Trinajstić information content (AvgIpc) is 3.02. The molecule has 4 fully saturated rings. The largest absolute Gasteiger partial charge is 0.393 e. The molecule has 0 bridgehead atoms. The quantitative estimate of drug-likeness (QED) is 0.499. The van der Waals surface area contributed by atoms with E-state index < -0.39 is 0 Å². The highest BCUT2D eigenvalue weighted by atomic mass is 16.3. The van der Waals surface area contributed by atoms with Gasteiger partial charge in [0.25, 0.3) is 0 Å². The van der Waals surface area contributed by atoms with E-state index in [1.807, 2.05) is 0 Å². The van der Waals surface area contributed by atoms with E-state index in [-0.39, 0.29) is 6.10 Å². The average molecular weight is 403 g/mol. The fourth-order valence-corrected chi connectivity index (χ4v) is 9.73. The van der Waals surface area contributed by atoms with Crippen molar-refractivity contribution in [3.05, 3.63) is 0 Å². The van der Waals surface area contributed by atoms with E-state index >= 15 is 0 Å². The van der Waals surface area contributed by atoms with Gasteiger partial charge in [0.2, 0.25) is 0 Å². The van der Waals surface area contributed by atoms with Crippen molar-refractivity contribution < 1.29 is 5.11 Å². The second-order valence-corrected chi connectivity index (χ2v) is 13.1. The van der Waals surface area contributed by atoms with Crippen molar-refractivity contribution in [3.8, 4) is 0 Å². The van der Waals surface area contributed by atoms with Gasteiger partial charge in [-0.25, -0.2) is 0 Å². The monoisotopic (exact) mass is 402 g/mol. The zero-order valence-electron chi connectivity index (χ0n) is 20.4. The van der Waals surface area contributed by atoms with Gasteiger partial charge in [0.1, 0.15) is 0 Å². The van der Waals surface area contributed by atoms with Gasteiger partial charge >= 0.3 is 0 Å². The predicted molar refractivity (Wildman–Crippen MR) is 124 cm³/mol. The second kappa shape index (κ2) is 8.14. The molecule has 4 rings (SSSR count). The maximum atomic E-state index is 10.5. The standard InChI is InChI=1S/C28H50O/c1-18(2)8-7-9-19(3)22-12-13-24-21-10-11-23-20(4)26(29)15-17-28(23,6)25(21)14-16-27(22,24)5/h18-26,29H,7-17H2,1-6H3/t19-,20+,21+,22-,23+,24+,25+,26+,27-,28+/m1/s1. The molecule has 4 aliphatic carbocycles. The molecule has 4 saturated carbocycles. The number of fused-ring (bicyclic) bond motifs is 5. The molecule has 0 heterocycles. The fourth-order valence-electron chi connectivity index (χ4n) is 9.73. The first kappa shape index (κ1) is 22.2. The van der Waals surface area contributed by atoms with Crippen LogP contribution in [-0.4, -0.2) is 11.2 Å². The van der Waals surface area contributed by atoms with Crippen LogP contribution in [0, 0.1) is 58.2 Å². The molecule has 0 amide bonds. The van der Waals surface area contributed by atoms with E-state index in [0.717, 1.165) is 47.8 Å². The molecule has 0 saturated heterocycles. The summed E-state index contributed by atoms with van der Waals surface area (Å²) in [7, 11) is 0. The van der Waals surface area contributed by atoms with E-state index in [9.17, 15) is 5.11 Å². The van der Waals surface area contributed by atoms with Gasteiger partial charge in [-0.3, -0.25) is 0 Å². The van der Waals surface area contributed by atoms with Gasteiger partial charge in [0.15, 0.2) is 0 Å². The lowest BCUT2D eigenvalue weighted by molar-refractivity contribution is -0.149. The van der Waals surface area contributed by atoms with E-state index in [2.05, 4.69) is 41.5 Å². The van der Waals surface area contributed by atoms with Gasteiger partial charge in [-0.2, -0.15) is 0 Å². The molecule has 10 atom stereocenters. The topological polar surface area (TPSA) is 20.2 Å². The lowest BCUT2D eigenvalue weighted by atomic mass is 9.43. The molecule has 0 aromatic carbocycles. The third-order valence-electron chi connectivity index (χ3n) is 11.4. The van der Waals surface area contributed by atoms with Crippen molar-refractivity contribution in [2.75, 3.05) is 0 Å². The molecule has 1 N–H and O–H groups in total. The van der Waals surface area contributed by atoms with Crippen molar-refractivity contribution in [1.29, 1.82) is 0 Å². The zero-order valence-corrected chi connectivity index (χ0v) is 20.4. The van der Waals surface area contributed by atoms with Crippen molar-refractivity contribution in [2.24, 2.45) is 58.2 Å². The second-order valence-electron chi connectivity index (χ2n) is 13.1. The first-order chi connectivity index (χ1) is 13.7. The molecule has 168 valence electrons. The molecule has 1 heteroatoms. The Bertz CT molecular complexity index is 569. The normalized spacial score (nSPS) is 50.7. The minimum absolute atomic E-state index is 0.0407. The third kappa shape index (κ3) is 3.64. The van der Waals surface area contributed by atoms with Gasteiger partial charge < -0.3 is 5.11 Å². The Labute approximate surface area is 181 Å². The first-order valence-electron chi connectivity index (χ1n) is 13.4. The molecule has 1 nitrogen and oxygen atoms in total. The Balaban J connectivity index is 1.48. The molecule has 0 aromatic heterocycles. The number of aliphatic hydroxyl groups excluding tert-OH is 1. The summed E-state index contributed by atoms with van der Waals surface area (Å²) in [5, 5.41) is 10.5. The summed E-state index contributed by atoms with van der Waals surface area (Å²) in [6.07, 6.45) is 15.4. The van der Waals surface area contributed by atoms with Gasteiger partial charge in [-0.05, 0) is 110 Å². The van der Waals surface area contributed by atoms with Gasteiger partial charge in [0.05, 0.1) is 6.10 Å². The van der Waals surface area contributed by atoms with Crippen LogP contribution in [0.3, 0.4) is 0 Å². The molecule has 0 aliphatic heterocycles. The Morgan fingerprint density at radius 1 is 0.793 bits per heavy atom. The van der Waals surface area contributed by atoms with Crippen LogP contribution in [0.5, 0.6) is 0 Å². The highest BCUT2D eigenvalue weighted by Gasteiger charge is 2.61. The molecule has 0 unspecified atom stereocenters. The molecular formula is C28H50O. The zero-order chi connectivity index (χ0) is 21.0. The van der Waals surface area contributed by atoms with Crippen molar-refractivity contribution >= 4 is 0 Å². The van der Waals surface area contributed by atoms with Gasteiger partial charge in [0, 0.05) is 0 Å². The Hall–Kier alpha value is -0.0400. The summed E-state index contributed by atoms with van der Waals surface area (Å²) in [5.74, 6) is 6.92. The maximum Gasteiger partial charge on any atom is 0.0568 e. The molecule has 4 aliphatic rings. The summed E-state index contributed by atoms with van der Waals surface area (Å²) < 4.78 is 0. The van der Waals surface area contributed by atoms with Gasteiger partial charge in [-0.15, -0.1) is 0 Å². The first-order valence-corrected chi connectivity index (χ1v) is 13.4. The molecule has 0 spiro atoms. The van der Waals surface area contributed by atoms with Crippen LogP contribution >= 0.6 is 0 Å². The SMILES string of the molecule is CC(C)CCC[C@@H](C)[C@H]1CC[C@H]2[C@@H]3CC[C@H]4[C@H](C)[C@@H](O)CC[C@]4(C)[C@H]3CC[C@]12C. The van der Waals surface area contributed by atoms with E-state index in [0.29, 0.717) is 16.7 Å². The van der Waals surface area contributed by atoms with E-state index in [1.54, 1.807) is 0 Å². The number of aliphatic hydroxyl groups is 1. The summed E-state index contributed by atoms with van der Waals surface area (Å²) in [6, 6.07) is 0. The van der Waals surface area contributed by atoms with Crippen LogP contribution in [0.1, 0.15) is 112 Å². The highest BCUT2D eigenvalue weighted by molar-refractivity contribution is 5.10. The molecule has 0 aromatic rings. The summed E-state index contributed by atoms with van der Waals surface area (Å²) in [6.45, 7) is 15.0. The minimum Gasteiger partial charge on any atom is -0.393 e. The van der Waals surface area contributed by atoms with Crippen molar-refractivity contribution in [1.82, 2.24) is 0 Å². The summed E-state index contributed by atoms with van der Waals surface area (Å²) in [5.41, 5.74) is 1.12. The Morgan fingerprint density at radius 2 is 1.45 bits per heavy atom. The lowest BCUT2D eigenvalue weighted by Gasteiger charge is -2.62. The lowest BCUT2D eigenvalue weighted by Crippen LogP contribution is -2.56. The molecule has 0 radical (unpaired) electrons. The molecule has 29 heavy (non-hydrogen) atoms. The maximum absolute atomic E-state index is 10.5. The van der Waals surface area contributed by atoms with Crippen LogP contribution in [0.2, 0.25) is 0 Å². The van der Waals surface area contributed by atoms with Crippen molar-refractivity contribution in [2.45, 2.75) is 118 Å². The minimum atomic E-state index is -0.0407. The predicted octanol–water partition coefficient (Wildman–Crippen LogP) is 7.71. The Morgan fingerprint density at radius 3 is 2.17 bits per heavy atom. The van der Waals surface area contributed by atoms with Crippen molar-refractivity contribution in [3.63, 3.8) is 0 Å². The van der Waals surface area contributed by atoms with Crippen LogP contribution in [0.4, 0.5) is 0 Å².